The van der Waals surface area contributed by atoms with Gasteiger partial charge in [0, 0.05) is 26.1 Å². The highest BCUT2D eigenvalue weighted by molar-refractivity contribution is 7.92. The molecular formula is C17H28N2O4S. The lowest BCUT2D eigenvalue weighted by Gasteiger charge is -2.24. The van der Waals surface area contributed by atoms with Gasteiger partial charge in [0.1, 0.15) is 0 Å². The summed E-state index contributed by atoms with van der Waals surface area (Å²) in [5.74, 6) is -0.103. The van der Waals surface area contributed by atoms with Crippen molar-refractivity contribution in [3.05, 3.63) is 29.3 Å². The average Bonchev–Trinajstić information content (AvgIpc) is 2.45. The van der Waals surface area contributed by atoms with E-state index in [9.17, 15) is 13.2 Å². The van der Waals surface area contributed by atoms with Gasteiger partial charge in [0.05, 0.1) is 18.6 Å². The smallest absolute Gasteiger partial charge is 0.232 e. The first-order valence-corrected chi connectivity index (χ1v) is 9.83. The second-order valence-electron chi connectivity index (χ2n) is 6.15. The molecule has 1 aromatic rings. The van der Waals surface area contributed by atoms with Gasteiger partial charge in [-0.2, -0.15) is 0 Å². The molecule has 0 aliphatic carbocycles. The molecule has 7 heteroatoms. The van der Waals surface area contributed by atoms with Crippen LogP contribution in [-0.2, 0) is 19.6 Å². The average molecular weight is 356 g/mol. The van der Waals surface area contributed by atoms with Crippen molar-refractivity contribution in [2.45, 2.75) is 39.7 Å². The number of amides is 1. The minimum Gasteiger partial charge on any atom is -0.383 e. The maximum Gasteiger partial charge on any atom is 0.232 e. The van der Waals surface area contributed by atoms with Crippen molar-refractivity contribution < 1.29 is 17.9 Å². The van der Waals surface area contributed by atoms with Gasteiger partial charge < -0.3 is 10.1 Å². The number of methoxy groups -OCH3 is 1. The second kappa shape index (κ2) is 9.03. The standard InChI is InChI=1S/C17H28N2O4S/c1-13-8-9-14(2)16(11-13)19(24(5,21)22)10-6-7-17(20)18-15(3)12-23-4/h8-9,11,15H,6-7,10,12H2,1-5H3,(H,18,20)/t15-/m1/s1. The lowest BCUT2D eigenvalue weighted by Crippen LogP contribution is -2.36. The van der Waals surface area contributed by atoms with Gasteiger partial charge in [-0.25, -0.2) is 8.42 Å². The Labute approximate surface area is 145 Å². The van der Waals surface area contributed by atoms with E-state index in [-0.39, 0.29) is 24.9 Å². The van der Waals surface area contributed by atoms with Gasteiger partial charge in [-0.1, -0.05) is 12.1 Å². The molecule has 1 aromatic carbocycles. The molecule has 1 amide bonds. The maximum atomic E-state index is 12.1. The van der Waals surface area contributed by atoms with Crippen molar-refractivity contribution in [2.75, 3.05) is 30.8 Å². The van der Waals surface area contributed by atoms with E-state index in [1.807, 2.05) is 39.0 Å². The monoisotopic (exact) mass is 356 g/mol. The van der Waals surface area contributed by atoms with E-state index < -0.39 is 10.0 Å². The Balaban J connectivity index is 2.73. The number of carbonyl (C=O) groups excluding carboxylic acids is 1. The molecule has 0 bridgehead atoms. The zero-order valence-corrected chi connectivity index (χ0v) is 15.9. The van der Waals surface area contributed by atoms with E-state index in [4.69, 9.17) is 4.74 Å². The van der Waals surface area contributed by atoms with Gasteiger partial charge in [-0.3, -0.25) is 9.10 Å². The first-order chi connectivity index (χ1) is 11.1. The molecule has 0 unspecified atom stereocenters. The van der Waals surface area contributed by atoms with Crippen molar-refractivity contribution in [1.82, 2.24) is 5.32 Å². The van der Waals surface area contributed by atoms with Crippen molar-refractivity contribution in [3.63, 3.8) is 0 Å². The van der Waals surface area contributed by atoms with Gasteiger partial charge in [0.15, 0.2) is 0 Å². The number of carbonyl (C=O) groups is 1. The predicted molar refractivity (Wildman–Crippen MR) is 96.8 cm³/mol. The molecule has 136 valence electrons. The fourth-order valence-electron chi connectivity index (χ4n) is 2.47. The van der Waals surface area contributed by atoms with Crippen LogP contribution < -0.4 is 9.62 Å². The Morgan fingerprint density at radius 1 is 1.33 bits per heavy atom. The van der Waals surface area contributed by atoms with E-state index in [1.54, 1.807) is 7.11 Å². The molecule has 0 heterocycles. The second-order valence-corrected chi connectivity index (χ2v) is 8.06. The molecule has 24 heavy (non-hydrogen) atoms. The largest absolute Gasteiger partial charge is 0.383 e. The van der Waals surface area contributed by atoms with Gasteiger partial charge >= 0.3 is 0 Å². The molecule has 1 atom stereocenters. The van der Waals surface area contributed by atoms with E-state index in [0.29, 0.717) is 18.7 Å². The fraction of sp³-hybridized carbons (Fsp3) is 0.588. The summed E-state index contributed by atoms with van der Waals surface area (Å²) in [5.41, 5.74) is 2.56. The predicted octanol–water partition coefficient (Wildman–Crippen LogP) is 2.00. The highest BCUT2D eigenvalue weighted by Gasteiger charge is 2.19. The minimum absolute atomic E-state index is 0.0625. The molecule has 0 radical (unpaired) electrons. The van der Waals surface area contributed by atoms with Crippen LogP contribution in [0.1, 0.15) is 30.9 Å². The quantitative estimate of drug-likeness (QED) is 0.734. The summed E-state index contributed by atoms with van der Waals surface area (Å²) in [7, 11) is -1.83. The molecule has 0 saturated carbocycles. The highest BCUT2D eigenvalue weighted by atomic mass is 32.2. The van der Waals surface area contributed by atoms with Crippen molar-refractivity contribution in [3.8, 4) is 0 Å². The third-order valence-corrected chi connectivity index (χ3v) is 4.80. The zero-order valence-electron chi connectivity index (χ0n) is 15.1. The Morgan fingerprint density at radius 3 is 2.58 bits per heavy atom. The van der Waals surface area contributed by atoms with Gasteiger partial charge in [-0.15, -0.1) is 0 Å². The van der Waals surface area contributed by atoms with Crippen molar-refractivity contribution >= 4 is 21.6 Å². The zero-order chi connectivity index (χ0) is 18.3. The van der Waals surface area contributed by atoms with E-state index in [1.165, 1.54) is 10.6 Å². The normalized spacial score (nSPS) is 12.7. The van der Waals surface area contributed by atoms with Crippen LogP contribution in [0.25, 0.3) is 0 Å². The number of hydrogen-bond donors (Lipinski definition) is 1. The number of benzene rings is 1. The summed E-state index contributed by atoms with van der Waals surface area (Å²) in [5, 5.41) is 2.82. The van der Waals surface area contributed by atoms with Crippen LogP contribution in [0.5, 0.6) is 0 Å². The van der Waals surface area contributed by atoms with Crippen LogP contribution in [-0.4, -0.2) is 46.9 Å². The number of rotatable bonds is 9. The number of ether oxygens (including phenoxy) is 1. The minimum atomic E-state index is -3.41. The summed E-state index contributed by atoms with van der Waals surface area (Å²) in [6.45, 7) is 6.39. The molecule has 1 N–H and O–H groups in total. The van der Waals surface area contributed by atoms with Crippen LogP contribution in [0.2, 0.25) is 0 Å². The van der Waals surface area contributed by atoms with Gasteiger partial charge in [-0.05, 0) is 44.4 Å². The van der Waals surface area contributed by atoms with Crippen LogP contribution in [0.15, 0.2) is 18.2 Å². The Hall–Kier alpha value is -1.60. The molecule has 6 nitrogen and oxygen atoms in total. The maximum absolute atomic E-state index is 12.1. The third kappa shape index (κ3) is 6.49. The number of anilines is 1. The van der Waals surface area contributed by atoms with Crippen molar-refractivity contribution in [2.24, 2.45) is 0 Å². The number of hydrogen-bond acceptors (Lipinski definition) is 4. The summed E-state index contributed by atoms with van der Waals surface area (Å²) < 4.78 is 30.6. The summed E-state index contributed by atoms with van der Waals surface area (Å²) in [6.07, 6.45) is 1.91. The Morgan fingerprint density at radius 2 is 2.00 bits per heavy atom. The summed E-state index contributed by atoms with van der Waals surface area (Å²) in [4.78, 5) is 11.9. The molecule has 0 saturated heterocycles. The van der Waals surface area contributed by atoms with Crippen LogP contribution in [0, 0.1) is 13.8 Å². The lowest BCUT2D eigenvalue weighted by atomic mass is 10.1. The van der Waals surface area contributed by atoms with Crippen molar-refractivity contribution in [1.29, 1.82) is 0 Å². The third-order valence-electron chi connectivity index (χ3n) is 3.62. The summed E-state index contributed by atoms with van der Waals surface area (Å²) >= 11 is 0. The SMILES string of the molecule is COC[C@@H](C)NC(=O)CCCN(c1cc(C)ccc1C)S(C)(=O)=O. The number of nitrogens with zero attached hydrogens (tertiary/aromatic N) is 1. The Bertz CT molecular complexity index is 659. The van der Waals surface area contributed by atoms with Gasteiger partial charge in [0.2, 0.25) is 15.9 Å². The highest BCUT2D eigenvalue weighted by Crippen LogP contribution is 2.24. The number of aryl methyl sites for hydroxylation is 2. The van der Waals surface area contributed by atoms with Crippen LogP contribution in [0.4, 0.5) is 5.69 Å². The fourth-order valence-corrected chi connectivity index (χ4v) is 3.49. The topological polar surface area (TPSA) is 75.7 Å². The Kier molecular flexibility index (Phi) is 7.69. The van der Waals surface area contributed by atoms with E-state index >= 15 is 0 Å². The molecule has 0 aromatic heterocycles. The molecule has 1 rings (SSSR count). The lowest BCUT2D eigenvalue weighted by molar-refractivity contribution is -0.122. The van der Waals surface area contributed by atoms with E-state index in [0.717, 1.165) is 11.1 Å². The molecule has 0 spiro atoms. The molecule has 0 fully saturated rings. The molecule has 0 aliphatic heterocycles. The first-order valence-electron chi connectivity index (χ1n) is 7.98. The van der Waals surface area contributed by atoms with Crippen LogP contribution >= 0.6 is 0 Å². The molecular weight excluding hydrogens is 328 g/mol. The van der Waals surface area contributed by atoms with Gasteiger partial charge in [0.25, 0.3) is 0 Å². The van der Waals surface area contributed by atoms with E-state index in [2.05, 4.69) is 5.32 Å². The summed E-state index contributed by atoms with van der Waals surface area (Å²) in [6, 6.07) is 5.65. The first kappa shape index (κ1) is 20.4. The van der Waals surface area contributed by atoms with Crippen LogP contribution in [0.3, 0.4) is 0 Å². The number of sulfonamides is 1. The molecule has 0 aliphatic rings. The number of nitrogens with one attached hydrogen (secondary N) is 1.